The van der Waals surface area contributed by atoms with Crippen molar-refractivity contribution in [1.29, 1.82) is 0 Å². The lowest BCUT2D eigenvalue weighted by Gasteiger charge is -2.15. The van der Waals surface area contributed by atoms with Crippen LogP contribution >= 0.6 is 0 Å². The van der Waals surface area contributed by atoms with E-state index in [-0.39, 0.29) is 11.6 Å². The molecule has 1 amide bonds. The van der Waals surface area contributed by atoms with Crippen LogP contribution in [0, 0.1) is 24.0 Å². The minimum absolute atomic E-state index is 0.0154. The number of nitro groups is 1. The minimum Gasteiger partial charge on any atom is -0.481 e. The summed E-state index contributed by atoms with van der Waals surface area (Å²) in [5.41, 5.74) is 2.38. The summed E-state index contributed by atoms with van der Waals surface area (Å²) in [6.07, 6.45) is -0.719. The predicted octanol–water partition coefficient (Wildman–Crippen LogP) is 3.80. The lowest BCUT2D eigenvalue weighted by atomic mass is 10.2. The molecule has 1 heterocycles. The first-order chi connectivity index (χ1) is 13.3. The molecule has 1 aromatic heterocycles. The first kappa shape index (κ1) is 19.1. The van der Waals surface area contributed by atoms with Gasteiger partial charge in [-0.15, -0.1) is 0 Å². The van der Waals surface area contributed by atoms with Crippen molar-refractivity contribution in [2.24, 2.45) is 0 Å². The minimum atomic E-state index is -0.719. The van der Waals surface area contributed by atoms with Gasteiger partial charge in [-0.05, 0) is 45.0 Å². The Kier molecular flexibility index (Phi) is 5.39. The van der Waals surface area contributed by atoms with E-state index in [0.29, 0.717) is 22.9 Å². The Morgan fingerprint density at radius 2 is 1.79 bits per heavy atom. The van der Waals surface area contributed by atoms with Crippen molar-refractivity contribution >= 4 is 17.4 Å². The number of rotatable bonds is 6. The number of ether oxygens (including phenoxy) is 1. The standard InChI is InChI=1S/C20H20N4O4/c1-13-4-10-18(11-5-13)28-15(3)20(25)21-19-12-14(2)22-23(19)16-6-8-17(9-7-16)24(26)27/h4-12,15H,1-3H3,(H,21,25). The van der Waals surface area contributed by atoms with E-state index >= 15 is 0 Å². The van der Waals surface area contributed by atoms with E-state index in [0.717, 1.165) is 5.56 Å². The highest BCUT2D eigenvalue weighted by atomic mass is 16.6. The summed E-state index contributed by atoms with van der Waals surface area (Å²) >= 11 is 0. The Labute approximate surface area is 161 Å². The lowest BCUT2D eigenvalue weighted by Crippen LogP contribution is -2.31. The van der Waals surface area contributed by atoms with Crippen LogP contribution in [0.1, 0.15) is 18.2 Å². The van der Waals surface area contributed by atoms with Gasteiger partial charge in [0.1, 0.15) is 11.6 Å². The van der Waals surface area contributed by atoms with Gasteiger partial charge in [0.25, 0.3) is 11.6 Å². The maximum atomic E-state index is 12.6. The molecule has 3 rings (SSSR count). The third-order valence-electron chi connectivity index (χ3n) is 4.09. The molecule has 28 heavy (non-hydrogen) atoms. The summed E-state index contributed by atoms with van der Waals surface area (Å²) < 4.78 is 7.20. The van der Waals surface area contributed by atoms with Crippen molar-refractivity contribution in [2.45, 2.75) is 26.9 Å². The number of anilines is 1. The van der Waals surface area contributed by atoms with Crippen LogP contribution in [-0.2, 0) is 4.79 Å². The zero-order valence-electron chi connectivity index (χ0n) is 15.7. The molecule has 1 N–H and O–H groups in total. The van der Waals surface area contributed by atoms with Gasteiger partial charge < -0.3 is 10.1 Å². The van der Waals surface area contributed by atoms with Crippen LogP contribution in [0.5, 0.6) is 5.75 Å². The molecule has 0 saturated carbocycles. The van der Waals surface area contributed by atoms with Crippen LogP contribution in [0.15, 0.2) is 54.6 Å². The zero-order chi connectivity index (χ0) is 20.3. The summed E-state index contributed by atoms with van der Waals surface area (Å²) in [7, 11) is 0. The summed E-state index contributed by atoms with van der Waals surface area (Å²) in [5.74, 6) is 0.729. The second kappa shape index (κ2) is 7.91. The van der Waals surface area contributed by atoms with Gasteiger partial charge in [-0.1, -0.05) is 17.7 Å². The summed E-state index contributed by atoms with van der Waals surface area (Å²) in [5, 5.41) is 18.0. The molecule has 3 aromatic rings. The Morgan fingerprint density at radius 1 is 1.14 bits per heavy atom. The normalized spacial score (nSPS) is 11.7. The monoisotopic (exact) mass is 380 g/mol. The number of nitrogens with zero attached hydrogens (tertiary/aromatic N) is 3. The van der Waals surface area contributed by atoms with Gasteiger partial charge in [-0.3, -0.25) is 14.9 Å². The first-order valence-corrected chi connectivity index (χ1v) is 8.69. The third-order valence-corrected chi connectivity index (χ3v) is 4.09. The van der Waals surface area contributed by atoms with Crippen molar-refractivity contribution in [3.8, 4) is 11.4 Å². The molecule has 8 nitrogen and oxygen atoms in total. The average molecular weight is 380 g/mol. The van der Waals surface area contributed by atoms with E-state index in [1.165, 1.54) is 16.8 Å². The van der Waals surface area contributed by atoms with E-state index in [4.69, 9.17) is 4.74 Å². The number of carbonyl (C=O) groups is 1. The van der Waals surface area contributed by atoms with Gasteiger partial charge in [0.15, 0.2) is 6.10 Å². The van der Waals surface area contributed by atoms with Crippen molar-refractivity contribution in [1.82, 2.24) is 9.78 Å². The number of hydrogen-bond donors (Lipinski definition) is 1. The Morgan fingerprint density at radius 3 is 2.39 bits per heavy atom. The molecule has 1 atom stereocenters. The number of non-ortho nitro benzene ring substituents is 1. The van der Waals surface area contributed by atoms with Gasteiger partial charge in [0.2, 0.25) is 0 Å². The molecule has 0 aliphatic heterocycles. The fraction of sp³-hybridized carbons (Fsp3) is 0.200. The molecule has 2 aromatic carbocycles. The second-order valence-electron chi connectivity index (χ2n) is 6.42. The van der Waals surface area contributed by atoms with E-state index in [1.54, 1.807) is 32.0 Å². The third kappa shape index (κ3) is 4.35. The molecule has 0 fully saturated rings. The van der Waals surface area contributed by atoms with Gasteiger partial charge >= 0.3 is 0 Å². The van der Waals surface area contributed by atoms with Crippen molar-refractivity contribution in [3.05, 3.63) is 76.0 Å². The fourth-order valence-corrected chi connectivity index (χ4v) is 2.60. The summed E-state index contributed by atoms with van der Waals surface area (Å²) in [4.78, 5) is 22.9. The maximum Gasteiger partial charge on any atom is 0.269 e. The number of benzene rings is 2. The number of aryl methyl sites for hydroxylation is 2. The molecule has 0 spiro atoms. The summed E-state index contributed by atoms with van der Waals surface area (Å²) in [6.45, 7) is 5.43. The van der Waals surface area contributed by atoms with Crippen LogP contribution in [0.3, 0.4) is 0 Å². The van der Waals surface area contributed by atoms with E-state index in [2.05, 4.69) is 10.4 Å². The largest absolute Gasteiger partial charge is 0.481 e. The van der Waals surface area contributed by atoms with E-state index in [9.17, 15) is 14.9 Å². The predicted molar refractivity (Wildman–Crippen MR) is 105 cm³/mol. The summed E-state index contributed by atoms with van der Waals surface area (Å²) in [6, 6.07) is 15.1. The molecule has 0 bridgehead atoms. The number of nitrogens with one attached hydrogen (secondary N) is 1. The van der Waals surface area contributed by atoms with Crippen LogP contribution in [0.4, 0.5) is 11.5 Å². The van der Waals surface area contributed by atoms with Crippen LogP contribution in [0.2, 0.25) is 0 Å². The smallest absolute Gasteiger partial charge is 0.269 e. The average Bonchev–Trinajstić information content (AvgIpc) is 3.03. The highest BCUT2D eigenvalue weighted by molar-refractivity contribution is 5.93. The van der Waals surface area contributed by atoms with Gasteiger partial charge in [-0.25, -0.2) is 4.68 Å². The molecule has 1 unspecified atom stereocenters. The zero-order valence-corrected chi connectivity index (χ0v) is 15.7. The van der Waals surface area contributed by atoms with Crippen LogP contribution < -0.4 is 10.1 Å². The fourth-order valence-electron chi connectivity index (χ4n) is 2.60. The van der Waals surface area contributed by atoms with Crippen LogP contribution in [-0.4, -0.2) is 26.7 Å². The SMILES string of the molecule is Cc1ccc(OC(C)C(=O)Nc2cc(C)nn2-c2ccc([N+](=O)[O-])cc2)cc1. The Bertz CT molecular complexity index is 994. The van der Waals surface area contributed by atoms with E-state index < -0.39 is 11.0 Å². The van der Waals surface area contributed by atoms with Crippen molar-refractivity contribution < 1.29 is 14.5 Å². The number of aromatic nitrogens is 2. The van der Waals surface area contributed by atoms with Crippen molar-refractivity contribution in [3.63, 3.8) is 0 Å². The number of nitro benzene ring substituents is 1. The van der Waals surface area contributed by atoms with E-state index in [1.807, 2.05) is 31.2 Å². The molecule has 0 radical (unpaired) electrons. The Balaban J connectivity index is 1.75. The van der Waals surface area contributed by atoms with Gasteiger partial charge in [-0.2, -0.15) is 5.10 Å². The van der Waals surface area contributed by atoms with Crippen LogP contribution in [0.25, 0.3) is 5.69 Å². The Hall–Kier alpha value is -3.68. The molecule has 144 valence electrons. The first-order valence-electron chi connectivity index (χ1n) is 8.69. The molecule has 8 heteroatoms. The molecule has 0 saturated heterocycles. The van der Waals surface area contributed by atoms with Crippen molar-refractivity contribution in [2.75, 3.05) is 5.32 Å². The highest BCUT2D eigenvalue weighted by Crippen LogP contribution is 2.21. The molecule has 0 aliphatic rings. The topological polar surface area (TPSA) is 99.3 Å². The highest BCUT2D eigenvalue weighted by Gasteiger charge is 2.18. The quantitative estimate of drug-likeness (QED) is 0.518. The molecular weight excluding hydrogens is 360 g/mol. The number of carbonyl (C=O) groups excluding carboxylic acids is 1. The number of amides is 1. The number of hydrogen-bond acceptors (Lipinski definition) is 5. The molecule has 0 aliphatic carbocycles. The molecular formula is C20H20N4O4. The second-order valence-corrected chi connectivity index (χ2v) is 6.42. The van der Waals surface area contributed by atoms with Gasteiger partial charge in [0, 0.05) is 18.2 Å². The maximum absolute atomic E-state index is 12.6. The van der Waals surface area contributed by atoms with Gasteiger partial charge in [0.05, 0.1) is 16.3 Å². The lowest BCUT2D eigenvalue weighted by molar-refractivity contribution is -0.384.